The van der Waals surface area contributed by atoms with E-state index < -0.39 is 0 Å². The molecule has 0 radical (unpaired) electrons. The number of rotatable bonds is 5. The van der Waals surface area contributed by atoms with E-state index in [9.17, 15) is 4.79 Å². The highest BCUT2D eigenvalue weighted by Crippen LogP contribution is 2.20. The number of hydrogen-bond donors (Lipinski definition) is 2. The molecule has 1 saturated heterocycles. The van der Waals surface area contributed by atoms with Crippen molar-refractivity contribution in [1.29, 1.82) is 0 Å². The zero-order valence-electron chi connectivity index (χ0n) is 14.3. The van der Waals surface area contributed by atoms with Gasteiger partial charge in [0.15, 0.2) is 0 Å². The summed E-state index contributed by atoms with van der Waals surface area (Å²) in [5.74, 6) is 2.17. The number of carbonyl (C=O) groups is 1. The molecule has 0 aliphatic carbocycles. The molecule has 0 atom stereocenters. The number of aromatic nitrogens is 2. The molecule has 0 unspecified atom stereocenters. The third kappa shape index (κ3) is 4.82. The molecule has 132 valence electrons. The molecule has 7 nitrogen and oxygen atoms in total. The molecule has 1 fully saturated rings. The van der Waals surface area contributed by atoms with Crippen molar-refractivity contribution >= 4 is 17.5 Å². The predicted molar refractivity (Wildman–Crippen MR) is 97.0 cm³/mol. The van der Waals surface area contributed by atoms with Crippen LogP contribution in [0.15, 0.2) is 42.9 Å². The number of urea groups is 1. The first-order valence-electron chi connectivity index (χ1n) is 8.44. The van der Waals surface area contributed by atoms with Crippen LogP contribution < -0.4 is 20.3 Å². The minimum Gasteiger partial charge on any atom is -0.497 e. The molecule has 1 aliphatic heterocycles. The number of amides is 2. The normalized spacial score (nSPS) is 14.8. The van der Waals surface area contributed by atoms with Crippen LogP contribution in [0.3, 0.4) is 0 Å². The third-order valence-corrected chi connectivity index (χ3v) is 4.39. The highest BCUT2D eigenvalue weighted by Gasteiger charge is 2.20. The number of benzene rings is 1. The number of nitrogens with one attached hydrogen (secondary N) is 2. The number of piperidine rings is 1. The molecule has 2 N–H and O–H groups in total. The number of ether oxygens (including phenoxy) is 1. The van der Waals surface area contributed by atoms with Crippen LogP contribution in [0.25, 0.3) is 0 Å². The van der Waals surface area contributed by atoms with Crippen molar-refractivity contribution in [2.45, 2.75) is 12.8 Å². The van der Waals surface area contributed by atoms with E-state index in [-0.39, 0.29) is 6.03 Å². The second-order valence-electron chi connectivity index (χ2n) is 6.06. The van der Waals surface area contributed by atoms with Gasteiger partial charge in [-0.2, -0.15) is 0 Å². The average molecular weight is 341 g/mol. The molecule has 2 amide bonds. The Morgan fingerprint density at radius 1 is 1.24 bits per heavy atom. The highest BCUT2D eigenvalue weighted by molar-refractivity contribution is 5.89. The number of hydrogen-bond acceptors (Lipinski definition) is 5. The molecule has 1 aromatic carbocycles. The summed E-state index contributed by atoms with van der Waals surface area (Å²) in [5, 5.41) is 5.79. The highest BCUT2D eigenvalue weighted by atomic mass is 16.5. The topological polar surface area (TPSA) is 79.4 Å². The van der Waals surface area contributed by atoms with E-state index >= 15 is 0 Å². The molecular weight excluding hydrogens is 318 g/mol. The van der Waals surface area contributed by atoms with Crippen LogP contribution in [0.5, 0.6) is 5.75 Å². The van der Waals surface area contributed by atoms with Gasteiger partial charge < -0.3 is 20.3 Å². The number of anilines is 2. The van der Waals surface area contributed by atoms with E-state index in [1.165, 1.54) is 0 Å². The summed E-state index contributed by atoms with van der Waals surface area (Å²) >= 11 is 0. The smallest absolute Gasteiger partial charge is 0.319 e. The fourth-order valence-electron chi connectivity index (χ4n) is 2.91. The Labute approximate surface area is 147 Å². The Morgan fingerprint density at radius 3 is 2.64 bits per heavy atom. The van der Waals surface area contributed by atoms with Gasteiger partial charge in [0.1, 0.15) is 11.6 Å². The zero-order valence-corrected chi connectivity index (χ0v) is 14.3. The molecule has 3 rings (SSSR count). The second kappa shape index (κ2) is 8.32. The lowest BCUT2D eigenvalue weighted by Crippen LogP contribution is -2.40. The van der Waals surface area contributed by atoms with E-state index in [0.717, 1.165) is 43.2 Å². The van der Waals surface area contributed by atoms with E-state index in [1.54, 1.807) is 25.7 Å². The summed E-state index contributed by atoms with van der Waals surface area (Å²) in [7, 11) is 1.62. The van der Waals surface area contributed by atoms with Gasteiger partial charge in [0.05, 0.1) is 13.3 Å². The molecule has 2 heterocycles. The average Bonchev–Trinajstić information content (AvgIpc) is 2.68. The Bertz CT molecular complexity index is 670. The monoisotopic (exact) mass is 341 g/mol. The van der Waals surface area contributed by atoms with Gasteiger partial charge in [0, 0.05) is 37.7 Å². The standard InChI is InChI=1S/C18H23N5O2/c1-25-16-4-2-15(3-5-16)22-18(24)21-12-14-6-10-23(11-7-14)17-13-19-8-9-20-17/h2-5,8-9,13-14H,6-7,10-12H2,1H3,(H2,21,22,24). The van der Waals surface area contributed by atoms with Gasteiger partial charge in [-0.1, -0.05) is 0 Å². The Morgan fingerprint density at radius 2 is 2.00 bits per heavy atom. The second-order valence-corrected chi connectivity index (χ2v) is 6.06. The summed E-state index contributed by atoms with van der Waals surface area (Å²) in [4.78, 5) is 22.7. The molecule has 0 bridgehead atoms. The van der Waals surface area contributed by atoms with Crippen LogP contribution >= 0.6 is 0 Å². The van der Waals surface area contributed by atoms with Crippen LogP contribution in [-0.2, 0) is 0 Å². The number of methoxy groups -OCH3 is 1. The SMILES string of the molecule is COc1ccc(NC(=O)NCC2CCN(c3cnccn3)CC2)cc1. The van der Waals surface area contributed by atoms with Crippen LogP contribution in [0.2, 0.25) is 0 Å². The van der Waals surface area contributed by atoms with Crippen LogP contribution in [0, 0.1) is 5.92 Å². The molecule has 1 aliphatic rings. The van der Waals surface area contributed by atoms with Crippen molar-refractivity contribution in [3.05, 3.63) is 42.9 Å². The molecule has 7 heteroatoms. The van der Waals surface area contributed by atoms with Crippen molar-refractivity contribution in [1.82, 2.24) is 15.3 Å². The van der Waals surface area contributed by atoms with Crippen LogP contribution in [0.4, 0.5) is 16.3 Å². The quantitative estimate of drug-likeness (QED) is 0.874. The van der Waals surface area contributed by atoms with Gasteiger partial charge in [-0.05, 0) is 43.0 Å². The maximum Gasteiger partial charge on any atom is 0.319 e. The van der Waals surface area contributed by atoms with Crippen molar-refractivity contribution in [2.24, 2.45) is 5.92 Å². The lowest BCUT2D eigenvalue weighted by Gasteiger charge is -2.32. The third-order valence-electron chi connectivity index (χ3n) is 4.39. The maximum atomic E-state index is 12.0. The number of nitrogens with zero attached hydrogens (tertiary/aromatic N) is 3. The Hall–Kier alpha value is -2.83. The van der Waals surface area contributed by atoms with E-state index in [4.69, 9.17) is 4.74 Å². The molecule has 0 spiro atoms. The van der Waals surface area contributed by atoms with Crippen molar-refractivity contribution < 1.29 is 9.53 Å². The lowest BCUT2D eigenvalue weighted by atomic mass is 9.97. The van der Waals surface area contributed by atoms with Gasteiger partial charge in [0.25, 0.3) is 0 Å². The molecular formula is C18H23N5O2. The largest absolute Gasteiger partial charge is 0.497 e. The first-order chi connectivity index (χ1) is 12.2. The fraction of sp³-hybridized carbons (Fsp3) is 0.389. The van der Waals surface area contributed by atoms with Crippen molar-refractivity contribution in [3.8, 4) is 5.75 Å². The predicted octanol–water partition coefficient (Wildman–Crippen LogP) is 2.52. The Kier molecular flexibility index (Phi) is 5.66. The first kappa shape index (κ1) is 17.0. The van der Waals surface area contributed by atoms with Gasteiger partial charge in [-0.25, -0.2) is 9.78 Å². The lowest BCUT2D eigenvalue weighted by molar-refractivity contribution is 0.248. The van der Waals surface area contributed by atoms with Crippen molar-refractivity contribution in [2.75, 3.05) is 37.0 Å². The van der Waals surface area contributed by atoms with Gasteiger partial charge in [0.2, 0.25) is 0 Å². The Balaban J connectivity index is 1.39. The maximum absolute atomic E-state index is 12.0. The van der Waals surface area contributed by atoms with Crippen LogP contribution in [-0.4, -0.2) is 42.7 Å². The summed E-state index contributed by atoms with van der Waals surface area (Å²) in [6, 6.07) is 7.09. The minimum absolute atomic E-state index is 0.179. The summed E-state index contributed by atoms with van der Waals surface area (Å²) < 4.78 is 5.10. The van der Waals surface area contributed by atoms with Crippen molar-refractivity contribution in [3.63, 3.8) is 0 Å². The van der Waals surface area contributed by atoms with Gasteiger partial charge >= 0.3 is 6.03 Å². The first-order valence-corrected chi connectivity index (χ1v) is 8.44. The summed E-state index contributed by atoms with van der Waals surface area (Å²) in [5.41, 5.74) is 0.746. The molecule has 25 heavy (non-hydrogen) atoms. The van der Waals surface area contributed by atoms with Gasteiger partial charge in [-0.3, -0.25) is 4.98 Å². The van der Waals surface area contributed by atoms with Gasteiger partial charge in [-0.15, -0.1) is 0 Å². The molecule has 1 aromatic heterocycles. The number of carbonyl (C=O) groups excluding carboxylic acids is 1. The summed E-state index contributed by atoms with van der Waals surface area (Å²) in [6.07, 6.45) is 7.24. The minimum atomic E-state index is -0.179. The molecule has 0 saturated carbocycles. The summed E-state index contributed by atoms with van der Waals surface area (Å²) in [6.45, 7) is 2.55. The van der Waals surface area contributed by atoms with E-state index in [1.807, 2.05) is 24.3 Å². The fourth-order valence-corrected chi connectivity index (χ4v) is 2.91. The molecule has 2 aromatic rings. The van der Waals surface area contributed by atoms with Crippen LogP contribution in [0.1, 0.15) is 12.8 Å². The zero-order chi connectivity index (χ0) is 17.5. The van der Waals surface area contributed by atoms with E-state index in [0.29, 0.717) is 12.5 Å². The van der Waals surface area contributed by atoms with E-state index in [2.05, 4.69) is 25.5 Å².